The Morgan fingerprint density at radius 2 is 1.86 bits per heavy atom. The summed E-state index contributed by atoms with van der Waals surface area (Å²) < 4.78 is 0. The Balaban J connectivity index is 1.13. The van der Waals surface area contributed by atoms with Gasteiger partial charge in [0.05, 0.1) is 12.2 Å². The Kier molecular flexibility index (Phi) is 7.42. The topological polar surface area (TPSA) is 115 Å². The molecule has 36 heavy (non-hydrogen) atoms. The highest BCUT2D eigenvalue weighted by molar-refractivity contribution is 6.00. The summed E-state index contributed by atoms with van der Waals surface area (Å²) in [6.07, 6.45) is 5.14. The molecule has 0 saturated heterocycles. The molecule has 5 N–H and O–H groups in total. The maximum Gasteiger partial charge on any atom is 0.268 e. The molecule has 0 radical (unpaired) electrons. The molecule has 186 valence electrons. The van der Waals surface area contributed by atoms with E-state index in [0.717, 1.165) is 36.0 Å². The summed E-state index contributed by atoms with van der Waals surface area (Å²) in [4.78, 5) is 29.1. The number of hydrogen-bond donors (Lipinski definition) is 5. The van der Waals surface area contributed by atoms with E-state index in [1.165, 1.54) is 12.0 Å². The van der Waals surface area contributed by atoms with Gasteiger partial charge in [-0.1, -0.05) is 48.5 Å². The van der Waals surface area contributed by atoms with E-state index in [9.17, 15) is 9.59 Å². The van der Waals surface area contributed by atoms with Crippen molar-refractivity contribution in [3.63, 3.8) is 0 Å². The molecule has 2 amide bonds. The number of hydrogen-bond acceptors (Lipinski definition) is 4. The van der Waals surface area contributed by atoms with E-state index < -0.39 is 6.04 Å². The monoisotopic (exact) mass is 484 g/mol. The third kappa shape index (κ3) is 6.01. The Hall–Kier alpha value is -3.91. The zero-order valence-electron chi connectivity index (χ0n) is 20.2. The summed E-state index contributed by atoms with van der Waals surface area (Å²) in [6, 6.07) is 21.9. The first-order chi connectivity index (χ1) is 17.7. The molecule has 0 spiro atoms. The lowest BCUT2D eigenvalue weighted by Crippen LogP contribution is -2.46. The molecule has 3 unspecified atom stereocenters. The second-order valence-electron chi connectivity index (χ2n) is 9.41. The van der Waals surface area contributed by atoms with Crippen molar-refractivity contribution in [3.8, 4) is 0 Å². The molecule has 1 aliphatic rings. The van der Waals surface area contributed by atoms with Crippen LogP contribution in [0.15, 0.2) is 72.9 Å². The molecule has 3 atom stereocenters. The highest BCUT2D eigenvalue weighted by atomic mass is 16.2. The second-order valence-corrected chi connectivity index (χ2v) is 9.41. The molecule has 0 aliphatic heterocycles. The minimum absolute atomic E-state index is 0.201. The number of fused-ring (bicyclic) bond motifs is 1. The Morgan fingerprint density at radius 1 is 1.03 bits per heavy atom. The Bertz CT molecular complexity index is 1250. The third-order valence-electron chi connectivity index (χ3n) is 6.75. The lowest BCUT2D eigenvalue weighted by Gasteiger charge is -2.18. The molecule has 4 aromatic rings. The van der Waals surface area contributed by atoms with Crippen molar-refractivity contribution in [1.82, 2.24) is 31.1 Å². The van der Waals surface area contributed by atoms with E-state index in [2.05, 4.69) is 55.4 Å². The molecular weight excluding hydrogens is 452 g/mol. The largest absolute Gasteiger partial charge is 0.351 e. The van der Waals surface area contributed by atoms with Crippen LogP contribution in [0, 0.1) is 0 Å². The number of nitrogens with one attached hydrogen (secondary N) is 5. The predicted molar refractivity (Wildman–Crippen MR) is 139 cm³/mol. The summed E-state index contributed by atoms with van der Waals surface area (Å²) in [7, 11) is 0. The molecule has 2 heterocycles. The van der Waals surface area contributed by atoms with Gasteiger partial charge in [-0.05, 0) is 56.0 Å². The van der Waals surface area contributed by atoms with Crippen molar-refractivity contribution in [1.29, 1.82) is 0 Å². The van der Waals surface area contributed by atoms with Gasteiger partial charge in [0, 0.05) is 29.1 Å². The van der Waals surface area contributed by atoms with Gasteiger partial charge in [-0.25, -0.2) is 0 Å². The zero-order chi connectivity index (χ0) is 24.7. The minimum Gasteiger partial charge on any atom is -0.351 e. The quantitative estimate of drug-likeness (QED) is 0.198. The van der Waals surface area contributed by atoms with Gasteiger partial charge < -0.3 is 20.9 Å². The molecular formula is C28H32N6O2. The normalized spacial score (nSPS) is 17.6. The van der Waals surface area contributed by atoms with Crippen LogP contribution >= 0.6 is 0 Å². The first-order valence-electron chi connectivity index (χ1n) is 12.6. The smallest absolute Gasteiger partial charge is 0.268 e. The van der Waals surface area contributed by atoms with E-state index in [-0.39, 0.29) is 11.8 Å². The van der Waals surface area contributed by atoms with Crippen molar-refractivity contribution < 1.29 is 9.59 Å². The van der Waals surface area contributed by atoms with Gasteiger partial charge in [0.15, 0.2) is 0 Å². The van der Waals surface area contributed by atoms with Gasteiger partial charge in [0.1, 0.15) is 11.7 Å². The number of carbonyl (C=O) groups is 2. The van der Waals surface area contributed by atoms with E-state index in [1.54, 1.807) is 6.20 Å². The average molecular weight is 485 g/mol. The minimum atomic E-state index is -0.621. The van der Waals surface area contributed by atoms with Crippen molar-refractivity contribution in [2.45, 2.75) is 50.2 Å². The molecule has 1 aliphatic carbocycles. The van der Waals surface area contributed by atoms with Crippen LogP contribution in [0.1, 0.15) is 53.3 Å². The maximum atomic E-state index is 13.0. The molecule has 0 bridgehead atoms. The van der Waals surface area contributed by atoms with Gasteiger partial charge in [-0.15, -0.1) is 0 Å². The fourth-order valence-corrected chi connectivity index (χ4v) is 4.64. The maximum absolute atomic E-state index is 13.0. The zero-order valence-corrected chi connectivity index (χ0v) is 20.2. The van der Waals surface area contributed by atoms with Crippen LogP contribution in [0.3, 0.4) is 0 Å². The van der Waals surface area contributed by atoms with E-state index >= 15 is 0 Å². The van der Waals surface area contributed by atoms with Gasteiger partial charge in [-0.3, -0.25) is 14.7 Å². The number of aromatic nitrogens is 3. The summed E-state index contributed by atoms with van der Waals surface area (Å²) >= 11 is 0. The number of benzene rings is 2. The summed E-state index contributed by atoms with van der Waals surface area (Å²) in [6.45, 7) is 1.23. The Morgan fingerprint density at radius 3 is 2.67 bits per heavy atom. The van der Waals surface area contributed by atoms with Crippen LogP contribution in [0.4, 0.5) is 0 Å². The van der Waals surface area contributed by atoms with Crippen molar-refractivity contribution >= 4 is 22.7 Å². The molecule has 1 fully saturated rings. The lowest BCUT2D eigenvalue weighted by atomic mass is 10.1. The van der Waals surface area contributed by atoms with Crippen LogP contribution in [0.5, 0.6) is 0 Å². The van der Waals surface area contributed by atoms with E-state index in [4.69, 9.17) is 0 Å². The molecule has 1 saturated carbocycles. The van der Waals surface area contributed by atoms with Crippen molar-refractivity contribution in [3.05, 3.63) is 89.9 Å². The number of amides is 2. The van der Waals surface area contributed by atoms with E-state index in [1.807, 2.05) is 42.5 Å². The van der Waals surface area contributed by atoms with Gasteiger partial charge in [0.2, 0.25) is 5.91 Å². The average Bonchev–Trinajstić information content (AvgIpc) is 3.28. The number of aromatic amines is 2. The number of para-hydroxylation sites is 1. The number of H-pyrrole nitrogens is 2. The third-order valence-corrected chi connectivity index (χ3v) is 6.75. The molecule has 5 rings (SSSR count). The number of unbranched alkanes of at least 4 members (excludes halogenated alkanes) is 1. The first-order valence-corrected chi connectivity index (χ1v) is 12.6. The standard InChI is InChI=1S/C28H32N6O2/c35-27(30-18-21-13-15-31-34-21)24(33-28(36)26-16-20-10-4-5-11-23(20)32-26)12-6-7-14-29-25-17-22(25)19-8-2-1-3-9-19/h1-5,8-11,13,15-16,22,24-25,29,32H,6-7,12,14,17-18H2,(H,30,35)(H,31,34)(H,33,36). The van der Waals surface area contributed by atoms with Crippen molar-refractivity contribution in [2.75, 3.05) is 6.54 Å². The SMILES string of the molecule is O=C(NC(CCCCNC1CC1c1ccccc1)C(=O)NCc1ccn[nH]1)c1cc2ccccc2[nH]1. The predicted octanol–water partition coefficient (Wildman–Crippen LogP) is 3.62. The highest BCUT2D eigenvalue weighted by Gasteiger charge is 2.37. The lowest BCUT2D eigenvalue weighted by molar-refractivity contribution is -0.123. The van der Waals surface area contributed by atoms with E-state index in [0.29, 0.717) is 30.6 Å². The van der Waals surface area contributed by atoms with Crippen molar-refractivity contribution in [2.24, 2.45) is 0 Å². The fraction of sp³-hybridized carbons (Fsp3) is 0.321. The number of carbonyl (C=O) groups excluding carboxylic acids is 2. The summed E-state index contributed by atoms with van der Waals surface area (Å²) in [5.41, 5.74) is 3.54. The Labute approximate surface area is 210 Å². The highest BCUT2D eigenvalue weighted by Crippen LogP contribution is 2.40. The van der Waals surface area contributed by atoms with Crippen LogP contribution in [0.25, 0.3) is 10.9 Å². The van der Waals surface area contributed by atoms with Gasteiger partial charge >= 0.3 is 0 Å². The molecule has 2 aromatic carbocycles. The summed E-state index contributed by atoms with van der Waals surface area (Å²) in [5.74, 6) is 0.117. The molecule has 8 nitrogen and oxygen atoms in total. The number of rotatable bonds is 12. The van der Waals surface area contributed by atoms with Crippen LogP contribution < -0.4 is 16.0 Å². The van der Waals surface area contributed by atoms with Crippen LogP contribution in [0.2, 0.25) is 0 Å². The second kappa shape index (κ2) is 11.2. The fourth-order valence-electron chi connectivity index (χ4n) is 4.64. The van der Waals surface area contributed by atoms with Gasteiger partial charge in [0.25, 0.3) is 5.91 Å². The molecule has 8 heteroatoms. The van der Waals surface area contributed by atoms with Crippen LogP contribution in [-0.2, 0) is 11.3 Å². The first kappa shape index (κ1) is 23.8. The van der Waals surface area contributed by atoms with Gasteiger partial charge in [-0.2, -0.15) is 5.10 Å². The molecule has 2 aromatic heterocycles. The number of nitrogens with zero attached hydrogens (tertiary/aromatic N) is 1. The summed E-state index contributed by atoms with van der Waals surface area (Å²) in [5, 5.41) is 17.2. The van der Waals surface area contributed by atoms with Crippen LogP contribution in [-0.4, -0.2) is 45.6 Å².